The summed E-state index contributed by atoms with van der Waals surface area (Å²) in [6, 6.07) is 5.38. The summed E-state index contributed by atoms with van der Waals surface area (Å²) < 4.78 is 26.2. The van der Waals surface area contributed by atoms with Crippen LogP contribution in [0.4, 0.5) is 0 Å². The van der Waals surface area contributed by atoms with E-state index in [1.54, 1.807) is 18.3 Å². The average molecular weight is 392 g/mol. The Bertz CT molecular complexity index is 713. The molecule has 0 unspecified atom stereocenters. The molecular formula is C12H16ClNO2SSn. The van der Waals surface area contributed by atoms with Crippen LogP contribution in [0.25, 0.3) is 10.9 Å². The molecule has 98 valence electrons. The third kappa shape index (κ3) is 2.56. The maximum atomic E-state index is 11.8. The number of halogens is 1. The molecule has 1 aromatic carbocycles. The predicted molar refractivity (Wildman–Crippen MR) is 80.2 cm³/mol. The number of rotatable bonds is 2. The molecule has 18 heavy (non-hydrogen) atoms. The minimum absolute atomic E-state index is 0.644. The van der Waals surface area contributed by atoms with Crippen LogP contribution in [0.1, 0.15) is 0 Å². The fraction of sp³-hybridized carbons (Fsp3) is 0.333. The standard InChI is InChI=1S/C9H7ClNO2S.3CH3.Sn/c1-14(12,13)11-5-4-7-6-8(10)2-3-9(7)11;;;;/h2-3,5-6H,1H3;3*1H3;. The van der Waals surface area contributed by atoms with Crippen molar-refractivity contribution in [1.29, 1.82) is 0 Å². The number of hydrogen-bond acceptors (Lipinski definition) is 2. The summed E-state index contributed by atoms with van der Waals surface area (Å²) in [6.45, 7) is 0. The van der Waals surface area contributed by atoms with Crippen LogP contribution in [0, 0.1) is 0 Å². The molecule has 0 aliphatic heterocycles. The summed E-state index contributed by atoms with van der Waals surface area (Å²) in [5.74, 6) is 0. The molecule has 0 aliphatic carbocycles. The summed E-state index contributed by atoms with van der Waals surface area (Å²) in [5, 5.41) is 1.63. The maximum absolute atomic E-state index is 11.8. The van der Waals surface area contributed by atoms with Gasteiger partial charge in [0.2, 0.25) is 0 Å². The van der Waals surface area contributed by atoms with Crippen LogP contribution >= 0.6 is 11.6 Å². The fourth-order valence-corrected chi connectivity index (χ4v) is 7.65. The van der Waals surface area contributed by atoms with Gasteiger partial charge in [-0.25, -0.2) is 0 Å². The molecule has 0 aliphatic rings. The van der Waals surface area contributed by atoms with Crippen molar-refractivity contribution in [2.45, 2.75) is 14.8 Å². The Morgan fingerprint density at radius 3 is 2.33 bits per heavy atom. The first-order valence-electron chi connectivity index (χ1n) is 5.62. The Kier molecular flexibility index (Phi) is 3.49. The molecule has 0 saturated carbocycles. The first-order valence-corrected chi connectivity index (χ1v) is 17.8. The van der Waals surface area contributed by atoms with Gasteiger partial charge in [-0.3, -0.25) is 0 Å². The molecule has 0 radical (unpaired) electrons. The molecule has 0 amide bonds. The molecule has 2 rings (SSSR count). The molecule has 0 bridgehead atoms. The second kappa shape index (κ2) is 4.42. The molecule has 0 spiro atoms. The second-order valence-corrected chi connectivity index (χ2v) is 22.2. The SMILES string of the molecule is CS(=O)(=O)n1c[c]([Sn]([CH3])([CH3])[CH3])c2cc(Cl)ccc21. The van der Waals surface area contributed by atoms with Crippen LogP contribution < -0.4 is 3.58 Å². The van der Waals surface area contributed by atoms with Crippen molar-refractivity contribution in [2.24, 2.45) is 0 Å². The first kappa shape index (κ1) is 14.2. The Morgan fingerprint density at radius 1 is 1.22 bits per heavy atom. The zero-order valence-electron chi connectivity index (χ0n) is 10.9. The van der Waals surface area contributed by atoms with E-state index in [1.165, 1.54) is 13.8 Å². The van der Waals surface area contributed by atoms with E-state index in [0.29, 0.717) is 5.02 Å². The van der Waals surface area contributed by atoms with Gasteiger partial charge in [0.25, 0.3) is 0 Å². The van der Waals surface area contributed by atoms with Crippen molar-refractivity contribution < 1.29 is 8.42 Å². The quantitative estimate of drug-likeness (QED) is 0.737. The topological polar surface area (TPSA) is 39.1 Å². The Morgan fingerprint density at radius 2 is 1.83 bits per heavy atom. The molecule has 0 saturated heterocycles. The van der Waals surface area contributed by atoms with Crippen molar-refractivity contribution in [1.82, 2.24) is 3.97 Å². The van der Waals surface area contributed by atoms with E-state index in [0.717, 1.165) is 10.9 Å². The van der Waals surface area contributed by atoms with Crippen molar-refractivity contribution in [2.75, 3.05) is 6.26 Å². The molecule has 2 aromatic rings. The summed E-state index contributed by atoms with van der Waals surface area (Å²) >= 11 is 3.65. The first-order chi connectivity index (χ1) is 8.10. The van der Waals surface area contributed by atoms with Gasteiger partial charge in [-0.15, -0.1) is 0 Å². The van der Waals surface area contributed by atoms with Crippen LogP contribution in [-0.4, -0.2) is 37.0 Å². The van der Waals surface area contributed by atoms with Crippen LogP contribution in [0.15, 0.2) is 24.4 Å². The third-order valence-electron chi connectivity index (χ3n) is 2.90. The molecule has 0 atom stereocenters. The number of hydrogen-bond donors (Lipinski definition) is 0. The predicted octanol–water partition coefficient (Wildman–Crippen LogP) is 2.65. The monoisotopic (exact) mass is 393 g/mol. The third-order valence-corrected chi connectivity index (χ3v) is 9.90. The van der Waals surface area contributed by atoms with Crippen molar-refractivity contribution in [3.05, 3.63) is 29.4 Å². The van der Waals surface area contributed by atoms with Gasteiger partial charge in [0.1, 0.15) is 0 Å². The van der Waals surface area contributed by atoms with E-state index in [4.69, 9.17) is 11.6 Å². The van der Waals surface area contributed by atoms with Crippen molar-refractivity contribution in [3.8, 4) is 0 Å². The van der Waals surface area contributed by atoms with E-state index < -0.39 is 28.4 Å². The van der Waals surface area contributed by atoms with Gasteiger partial charge in [0, 0.05) is 0 Å². The Balaban J connectivity index is 2.93. The zero-order chi connectivity index (χ0) is 13.7. The van der Waals surface area contributed by atoms with Crippen LogP contribution in [0.5, 0.6) is 0 Å². The van der Waals surface area contributed by atoms with Gasteiger partial charge in [-0.1, -0.05) is 0 Å². The number of benzene rings is 1. The van der Waals surface area contributed by atoms with Gasteiger partial charge >= 0.3 is 117 Å². The minimum atomic E-state index is -3.27. The molecule has 0 N–H and O–H groups in total. The van der Waals surface area contributed by atoms with Crippen LogP contribution in [0.3, 0.4) is 0 Å². The summed E-state index contributed by atoms with van der Waals surface area (Å²) in [6.07, 6.45) is 3.01. The average Bonchev–Trinajstić information content (AvgIpc) is 2.54. The van der Waals surface area contributed by atoms with E-state index in [9.17, 15) is 8.42 Å². The van der Waals surface area contributed by atoms with Crippen LogP contribution in [0.2, 0.25) is 19.8 Å². The Labute approximate surface area is 117 Å². The molecular weight excluding hydrogens is 376 g/mol. The van der Waals surface area contributed by atoms with Gasteiger partial charge in [0.15, 0.2) is 0 Å². The van der Waals surface area contributed by atoms with Crippen LogP contribution in [-0.2, 0) is 10.0 Å². The number of nitrogens with zero attached hydrogens (tertiary/aromatic N) is 1. The van der Waals surface area contributed by atoms with E-state index in [2.05, 4.69) is 14.8 Å². The van der Waals surface area contributed by atoms with Gasteiger partial charge in [0.05, 0.1) is 0 Å². The second-order valence-electron chi connectivity index (χ2n) is 5.51. The van der Waals surface area contributed by atoms with E-state index in [-0.39, 0.29) is 0 Å². The van der Waals surface area contributed by atoms with E-state index in [1.807, 2.05) is 6.07 Å². The number of fused-ring (bicyclic) bond motifs is 1. The Hall–Kier alpha value is -0.201. The summed E-state index contributed by atoms with van der Waals surface area (Å²) in [7, 11) is -3.27. The normalized spacial score (nSPS) is 13.2. The van der Waals surface area contributed by atoms with Crippen molar-refractivity contribution >= 4 is 54.5 Å². The molecule has 1 aromatic heterocycles. The molecule has 3 nitrogen and oxygen atoms in total. The zero-order valence-corrected chi connectivity index (χ0v) is 15.3. The molecule has 1 heterocycles. The summed E-state index contributed by atoms with van der Waals surface area (Å²) in [4.78, 5) is 6.78. The van der Waals surface area contributed by atoms with Crippen molar-refractivity contribution in [3.63, 3.8) is 0 Å². The number of aromatic nitrogens is 1. The van der Waals surface area contributed by atoms with Gasteiger partial charge in [-0.05, 0) is 0 Å². The molecule has 0 fully saturated rings. The van der Waals surface area contributed by atoms with Gasteiger partial charge < -0.3 is 0 Å². The molecule has 6 heteroatoms. The summed E-state index contributed by atoms with van der Waals surface area (Å²) in [5.41, 5.74) is 0.725. The van der Waals surface area contributed by atoms with E-state index >= 15 is 0 Å². The fourth-order valence-electron chi connectivity index (χ4n) is 2.04. The van der Waals surface area contributed by atoms with Gasteiger partial charge in [-0.2, -0.15) is 0 Å².